The molecule has 0 aromatic heterocycles. The van der Waals surface area contributed by atoms with Crippen molar-refractivity contribution in [3.8, 4) is 0 Å². The highest BCUT2D eigenvalue weighted by atomic mass is 16.3. The number of nitrogens with zero attached hydrogens (tertiary/aromatic N) is 2. The van der Waals surface area contributed by atoms with E-state index in [4.69, 9.17) is 0 Å². The molecule has 0 radical (unpaired) electrons. The van der Waals surface area contributed by atoms with Crippen LogP contribution in [0.4, 0.5) is 0 Å². The minimum Gasteiger partial charge on any atom is -0.394 e. The largest absolute Gasteiger partial charge is 0.394 e. The van der Waals surface area contributed by atoms with Crippen LogP contribution >= 0.6 is 0 Å². The molecule has 3 unspecified atom stereocenters. The Kier molecular flexibility index (Phi) is 4.60. The van der Waals surface area contributed by atoms with Gasteiger partial charge in [0.25, 0.3) is 0 Å². The van der Waals surface area contributed by atoms with E-state index < -0.39 is 0 Å². The van der Waals surface area contributed by atoms with E-state index in [-0.39, 0.29) is 12.1 Å². The molecule has 0 spiro atoms. The first-order valence-corrected chi connectivity index (χ1v) is 8.87. The third-order valence-electron chi connectivity index (χ3n) is 5.96. The van der Waals surface area contributed by atoms with Gasteiger partial charge in [-0.15, -0.1) is 0 Å². The van der Waals surface area contributed by atoms with Crippen molar-refractivity contribution in [2.24, 2.45) is 5.92 Å². The van der Waals surface area contributed by atoms with Crippen LogP contribution in [0.2, 0.25) is 0 Å². The van der Waals surface area contributed by atoms with Crippen LogP contribution in [0.3, 0.4) is 0 Å². The van der Waals surface area contributed by atoms with Gasteiger partial charge in [0, 0.05) is 31.2 Å². The molecule has 3 rings (SSSR count). The van der Waals surface area contributed by atoms with Crippen LogP contribution in [0.5, 0.6) is 0 Å². The summed E-state index contributed by atoms with van der Waals surface area (Å²) in [4.78, 5) is 5.23. The van der Waals surface area contributed by atoms with Gasteiger partial charge in [0.05, 0.1) is 12.1 Å². The number of likely N-dealkylation sites (N-methyl/N-ethyl adjacent to an activating group) is 1. The Morgan fingerprint density at radius 2 is 1.86 bits per heavy atom. The fourth-order valence-corrected chi connectivity index (χ4v) is 4.65. The summed E-state index contributed by atoms with van der Waals surface area (Å²) >= 11 is 0. The highest BCUT2D eigenvalue weighted by molar-refractivity contribution is 5.04. The minimum absolute atomic E-state index is 0.0731. The van der Waals surface area contributed by atoms with Gasteiger partial charge in [-0.3, -0.25) is 9.80 Å². The molecule has 122 valence electrons. The third-order valence-corrected chi connectivity index (χ3v) is 5.96. The van der Waals surface area contributed by atoms with E-state index in [1.54, 1.807) is 0 Å². The van der Waals surface area contributed by atoms with Crippen LogP contribution in [-0.4, -0.2) is 71.9 Å². The molecule has 1 aliphatic carbocycles. The van der Waals surface area contributed by atoms with Crippen molar-refractivity contribution in [1.29, 1.82) is 0 Å². The number of hydrogen-bond acceptors (Lipinski definition) is 4. The first-order chi connectivity index (χ1) is 10.0. The molecule has 2 aliphatic heterocycles. The van der Waals surface area contributed by atoms with Crippen LogP contribution in [0.1, 0.15) is 46.0 Å². The zero-order chi connectivity index (χ0) is 15.0. The minimum atomic E-state index is -0.0731. The third kappa shape index (κ3) is 3.29. The molecule has 0 aromatic rings. The number of aliphatic hydroxyl groups excluding tert-OH is 1. The molecule has 2 saturated heterocycles. The quantitative estimate of drug-likeness (QED) is 0.775. The molecule has 4 nitrogen and oxygen atoms in total. The highest BCUT2D eigenvalue weighted by Crippen LogP contribution is 2.41. The molecule has 0 amide bonds. The van der Waals surface area contributed by atoms with Crippen LogP contribution in [0.25, 0.3) is 0 Å². The van der Waals surface area contributed by atoms with Crippen molar-refractivity contribution in [2.75, 3.05) is 33.3 Å². The first kappa shape index (κ1) is 15.7. The van der Waals surface area contributed by atoms with Crippen molar-refractivity contribution in [2.45, 2.75) is 69.6 Å². The van der Waals surface area contributed by atoms with Gasteiger partial charge in [-0.1, -0.05) is 13.8 Å². The lowest BCUT2D eigenvalue weighted by atomic mass is 9.91. The summed E-state index contributed by atoms with van der Waals surface area (Å²) in [5, 5.41) is 13.8. The standard InChI is InChI=1S/C17H33N3O/c1-13(2)18-17(12-21,14-4-5-14)11-20-9-8-15-6-7-16(10-20)19(15)3/h13-16,18,21H,4-12H2,1-3H3. The van der Waals surface area contributed by atoms with Crippen LogP contribution in [-0.2, 0) is 0 Å². The maximum Gasteiger partial charge on any atom is 0.0628 e. The zero-order valence-electron chi connectivity index (χ0n) is 14.0. The predicted molar refractivity (Wildman–Crippen MR) is 86.4 cm³/mol. The fraction of sp³-hybridized carbons (Fsp3) is 1.00. The molecular formula is C17H33N3O. The van der Waals surface area contributed by atoms with Crippen LogP contribution in [0, 0.1) is 5.92 Å². The Hall–Kier alpha value is -0.160. The van der Waals surface area contributed by atoms with E-state index in [2.05, 4.69) is 36.0 Å². The summed E-state index contributed by atoms with van der Waals surface area (Å²) in [6.07, 6.45) is 6.58. The van der Waals surface area contributed by atoms with E-state index in [0.717, 1.165) is 18.6 Å². The van der Waals surface area contributed by atoms with Crippen molar-refractivity contribution < 1.29 is 5.11 Å². The molecule has 3 aliphatic rings. The Morgan fingerprint density at radius 3 is 2.48 bits per heavy atom. The lowest BCUT2D eigenvalue weighted by Crippen LogP contribution is -2.60. The number of nitrogens with one attached hydrogen (secondary N) is 1. The number of hydrogen-bond donors (Lipinski definition) is 2. The Bertz CT molecular complexity index is 358. The van der Waals surface area contributed by atoms with Crippen molar-refractivity contribution in [3.05, 3.63) is 0 Å². The molecule has 4 heteroatoms. The van der Waals surface area contributed by atoms with Gasteiger partial charge < -0.3 is 10.4 Å². The van der Waals surface area contributed by atoms with Gasteiger partial charge in [0.2, 0.25) is 0 Å². The molecule has 2 N–H and O–H groups in total. The maximum atomic E-state index is 10.1. The molecule has 0 aromatic carbocycles. The van der Waals surface area contributed by atoms with Gasteiger partial charge in [-0.25, -0.2) is 0 Å². The monoisotopic (exact) mass is 295 g/mol. The highest BCUT2D eigenvalue weighted by Gasteiger charge is 2.47. The van der Waals surface area contributed by atoms with E-state index >= 15 is 0 Å². The lowest BCUT2D eigenvalue weighted by molar-refractivity contribution is 0.0793. The van der Waals surface area contributed by atoms with Crippen molar-refractivity contribution in [1.82, 2.24) is 15.1 Å². The maximum absolute atomic E-state index is 10.1. The predicted octanol–water partition coefficient (Wildman–Crippen LogP) is 1.29. The average molecular weight is 295 g/mol. The van der Waals surface area contributed by atoms with Crippen LogP contribution in [0.15, 0.2) is 0 Å². The molecule has 2 heterocycles. The summed E-state index contributed by atoms with van der Waals surface area (Å²) in [5.74, 6) is 0.670. The van der Waals surface area contributed by atoms with Gasteiger partial charge in [-0.05, 0) is 51.6 Å². The summed E-state index contributed by atoms with van der Waals surface area (Å²) in [6, 6.07) is 1.96. The fourth-order valence-electron chi connectivity index (χ4n) is 4.65. The number of likely N-dealkylation sites (tertiary alicyclic amines) is 1. The number of fused-ring (bicyclic) bond motifs is 2. The number of rotatable bonds is 6. The molecule has 1 saturated carbocycles. The molecule has 3 atom stereocenters. The van der Waals surface area contributed by atoms with Crippen molar-refractivity contribution >= 4 is 0 Å². The van der Waals surface area contributed by atoms with Gasteiger partial charge >= 0.3 is 0 Å². The SMILES string of the molecule is CC(C)NC(CO)(CN1CCC2CCC(C1)N2C)C1CC1. The van der Waals surface area contributed by atoms with E-state index in [1.165, 1.54) is 45.2 Å². The Labute approximate surface area is 129 Å². The Morgan fingerprint density at radius 1 is 1.14 bits per heavy atom. The van der Waals surface area contributed by atoms with Gasteiger partial charge in [-0.2, -0.15) is 0 Å². The van der Waals surface area contributed by atoms with E-state index in [9.17, 15) is 5.11 Å². The van der Waals surface area contributed by atoms with E-state index in [0.29, 0.717) is 12.0 Å². The second-order valence-corrected chi connectivity index (χ2v) is 7.96. The number of aliphatic hydroxyl groups is 1. The van der Waals surface area contributed by atoms with Gasteiger partial charge in [0.1, 0.15) is 0 Å². The van der Waals surface area contributed by atoms with Crippen molar-refractivity contribution in [3.63, 3.8) is 0 Å². The lowest BCUT2D eigenvalue weighted by Gasteiger charge is -2.40. The summed E-state index contributed by atoms with van der Waals surface area (Å²) < 4.78 is 0. The molecular weight excluding hydrogens is 262 g/mol. The topological polar surface area (TPSA) is 38.7 Å². The average Bonchev–Trinajstić information content (AvgIpc) is 3.21. The molecule has 3 fully saturated rings. The normalized spacial score (nSPS) is 34.1. The molecule has 21 heavy (non-hydrogen) atoms. The summed E-state index contributed by atoms with van der Waals surface area (Å²) in [7, 11) is 2.30. The second kappa shape index (κ2) is 6.15. The Balaban J connectivity index is 1.68. The first-order valence-electron chi connectivity index (χ1n) is 8.87. The summed E-state index contributed by atoms with van der Waals surface area (Å²) in [5.41, 5.74) is -0.0731. The molecule has 2 bridgehead atoms. The van der Waals surface area contributed by atoms with Crippen LogP contribution < -0.4 is 5.32 Å². The second-order valence-electron chi connectivity index (χ2n) is 7.96. The smallest absolute Gasteiger partial charge is 0.0628 e. The zero-order valence-corrected chi connectivity index (χ0v) is 14.0. The summed E-state index contributed by atoms with van der Waals surface area (Å²) in [6.45, 7) is 8.07. The van der Waals surface area contributed by atoms with E-state index in [1.807, 2.05) is 0 Å². The van der Waals surface area contributed by atoms with Gasteiger partial charge in [0.15, 0.2) is 0 Å².